The number of rotatable bonds is 3. The first-order valence-corrected chi connectivity index (χ1v) is 10.2. The largest absolute Gasteiger partial charge is 0.460 e. The molecule has 3 aliphatic rings. The van der Waals surface area contributed by atoms with Crippen LogP contribution in [-0.2, 0) is 14.3 Å². The molecule has 0 aliphatic heterocycles. The van der Waals surface area contributed by atoms with Gasteiger partial charge in [-0.25, -0.2) is 4.79 Å². The van der Waals surface area contributed by atoms with Gasteiger partial charge in [0.05, 0.1) is 6.10 Å². The summed E-state index contributed by atoms with van der Waals surface area (Å²) in [6, 6.07) is 0. The summed E-state index contributed by atoms with van der Waals surface area (Å²) in [7, 11) is 0. The molecule has 0 unspecified atom stereocenters. The second-order valence-corrected chi connectivity index (χ2v) is 9.72. The van der Waals surface area contributed by atoms with Crippen molar-refractivity contribution in [3.8, 4) is 0 Å². The summed E-state index contributed by atoms with van der Waals surface area (Å²) in [4.78, 5) is 25.2. The molecular weight excluding hydrogens is 344 g/mol. The van der Waals surface area contributed by atoms with E-state index in [0.29, 0.717) is 12.8 Å². The molecule has 0 heterocycles. The predicted molar refractivity (Wildman–Crippen MR) is 102 cm³/mol. The fraction of sp³-hybridized carbons (Fsp3) is 0.818. The lowest BCUT2D eigenvalue weighted by Crippen LogP contribution is -2.63. The lowest BCUT2D eigenvalue weighted by atomic mass is 9.44. The van der Waals surface area contributed by atoms with Gasteiger partial charge in [-0.15, -0.1) is 6.58 Å². The van der Waals surface area contributed by atoms with Crippen molar-refractivity contribution < 1.29 is 24.5 Å². The quantitative estimate of drug-likeness (QED) is 0.583. The minimum atomic E-state index is -0.686. The van der Waals surface area contributed by atoms with Gasteiger partial charge in [0.1, 0.15) is 18.5 Å². The number of carbonyl (C=O) groups excluding carboxylic acids is 2. The Morgan fingerprint density at radius 2 is 2.00 bits per heavy atom. The van der Waals surface area contributed by atoms with E-state index in [2.05, 4.69) is 27.4 Å². The lowest BCUT2D eigenvalue weighted by molar-refractivity contribution is -0.207. The Balaban J connectivity index is 2.21. The number of hydrogen-bond donors (Lipinski definition) is 2. The summed E-state index contributed by atoms with van der Waals surface area (Å²) in [5, 5.41) is 20.6. The van der Waals surface area contributed by atoms with Crippen molar-refractivity contribution in [1.29, 1.82) is 0 Å². The van der Waals surface area contributed by atoms with Crippen molar-refractivity contribution in [2.45, 2.75) is 72.0 Å². The minimum Gasteiger partial charge on any atom is -0.460 e. The highest BCUT2D eigenvalue weighted by atomic mass is 16.6. The van der Waals surface area contributed by atoms with Crippen LogP contribution in [0.4, 0.5) is 0 Å². The van der Waals surface area contributed by atoms with Crippen molar-refractivity contribution in [2.24, 2.45) is 34.0 Å². The molecule has 0 radical (unpaired) electrons. The van der Waals surface area contributed by atoms with Crippen LogP contribution < -0.4 is 0 Å². The van der Waals surface area contributed by atoms with E-state index >= 15 is 0 Å². The molecule has 2 N–H and O–H groups in total. The Morgan fingerprint density at radius 3 is 2.59 bits per heavy atom. The highest BCUT2D eigenvalue weighted by Crippen LogP contribution is 2.67. The van der Waals surface area contributed by atoms with Gasteiger partial charge < -0.3 is 14.9 Å². The smallest absolute Gasteiger partial charge is 0.332 e. The van der Waals surface area contributed by atoms with Gasteiger partial charge in [0.25, 0.3) is 0 Å². The predicted octanol–water partition coefficient (Wildman–Crippen LogP) is 2.89. The van der Waals surface area contributed by atoms with E-state index in [9.17, 15) is 19.8 Å². The summed E-state index contributed by atoms with van der Waals surface area (Å²) >= 11 is 0. The van der Waals surface area contributed by atoms with Gasteiger partial charge in [-0.05, 0) is 42.9 Å². The molecule has 0 spiro atoms. The number of esters is 1. The number of Topliss-reactive ketones (excluding diaryl/α,β-unsaturated/α-hetero) is 1. The number of carbonyl (C=O) groups is 2. The van der Waals surface area contributed by atoms with Crippen LogP contribution in [0.2, 0.25) is 0 Å². The van der Waals surface area contributed by atoms with E-state index in [1.54, 1.807) is 6.08 Å². The molecule has 27 heavy (non-hydrogen) atoms. The zero-order valence-electron chi connectivity index (χ0n) is 17.0. The minimum absolute atomic E-state index is 0.0433. The molecule has 3 aliphatic carbocycles. The van der Waals surface area contributed by atoms with Crippen LogP contribution >= 0.6 is 0 Å². The van der Waals surface area contributed by atoms with Crippen LogP contribution in [-0.4, -0.2) is 40.8 Å². The SMILES string of the molecule is C=C[C@]1(C)C[C@@H](OC(=O)CO)[C@]2(C)[C@H](C)CC[C@@]3(CCC(=O)[C@H]32)[C@@H](C)[C@@H]1O. The molecule has 3 rings (SSSR count). The normalized spacial score (nSPS) is 49.7. The second kappa shape index (κ2) is 6.70. The van der Waals surface area contributed by atoms with Gasteiger partial charge in [-0.1, -0.05) is 33.8 Å². The maximum atomic E-state index is 13.1. The maximum absolute atomic E-state index is 13.1. The van der Waals surface area contributed by atoms with Crippen molar-refractivity contribution in [2.75, 3.05) is 6.61 Å². The van der Waals surface area contributed by atoms with Crippen LogP contribution in [0.25, 0.3) is 0 Å². The maximum Gasteiger partial charge on any atom is 0.332 e. The third-order valence-electron chi connectivity index (χ3n) is 8.70. The first-order chi connectivity index (χ1) is 12.6. The molecule has 0 amide bonds. The third-order valence-corrected chi connectivity index (χ3v) is 8.70. The van der Waals surface area contributed by atoms with E-state index in [4.69, 9.17) is 4.74 Å². The number of hydrogen-bond acceptors (Lipinski definition) is 5. The monoisotopic (exact) mass is 378 g/mol. The zero-order chi connectivity index (χ0) is 20.2. The standard InChI is InChI=1S/C22H34O5/c1-6-20(4)11-16(27-17(25)12-23)21(5)13(2)7-9-22(14(3)19(20)26)10-8-15(24)18(21)22/h6,13-14,16,18-19,23,26H,1,7-12H2,2-5H3/t13-,14+,16-,18+,19+,20-,21+,22-/m1/s1. The molecule has 0 aromatic rings. The topological polar surface area (TPSA) is 83.8 Å². The van der Waals surface area contributed by atoms with Crippen LogP contribution in [0, 0.1) is 34.0 Å². The van der Waals surface area contributed by atoms with E-state index in [0.717, 1.165) is 19.3 Å². The van der Waals surface area contributed by atoms with E-state index in [-0.39, 0.29) is 29.0 Å². The fourth-order valence-electron chi connectivity index (χ4n) is 6.70. The van der Waals surface area contributed by atoms with Crippen LogP contribution in [0.1, 0.15) is 59.8 Å². The Bertz CT molecular complexity index is 645. The van der Waals surface area contributed by atoms with E-state index in [1.165, 1.54) is 0 Å². The molecule has 152 valence electrons. The highest BCUT2D eigenvalue weighted by Gasteiger charge is 2.68. The van der Waals surface area contributed by atoms with Crippen LogP contribution in [0.3, 0.4) is 0 Å². The number of ketones is 1. The van der Waals surface area contributed by atoms with Crippen molar-refractivity contribution in [1.82, 2.24) is 0 Å². The van der Waals surface area contributed by atoms with Gasteiger partial charge in [0.15, 0.2) is 0 Å². The zero-order valence-corrected chi connectivity index (χ0v) is 17.0. The van der Waals surface area contributed by atoms with Crippen molar-refractivity contribution >= 4 is 11.8 Å². The molecule has 0 aromatic heterocycles. The summed E-state index contributed by atoms with van der Waals surface area (Å²) < 4.78 is 5.77. The Kier molecular flexibility index (Phi) is 5.09. The Hall–Kier alpha value is -1.20. The summed E-state index contributed by atoms with van der Waals surface area (Å²) in [6.45, 7) is 11.5. The van der Waals surface area contributed by atoms with E-state index in [1.807, 2.05) is 6.92 Å². The lowest BCUT2D eigenvalue weighted by Gasteiger charge is -2.61. The molecule has 5 nitrogen and oxygen atoms in total. The Morgan fingerprint density at radius 1 is 1.33 bits per heavy atom. The molecule has 3 fully saturated rings. The van der Waals surface area contributed by atoms with Crippen molar-refractivity contribution in [3.05, 3.63) is 12.7 Å². The average molecular weight is 379 g/mol. The molecule has 8 atom stereocenters. The van der Waals surface area contributed by atoms with Crippen LogP contribution in [0.15, 0.2) is 12.7 Å². The summed E-state index contributed by atoms with van der Waals surface area (Å²) in [5.74, 6) is -0.520. The molecule has 0 saturated heterocycles. The number of ether oxygens (including phenoxy) is 1. The Labute approximate surface area is 162 Å². The number of aliphatic hydroxyl groups is 2. The van der Waals surface area contributed by atoms with Gasteiger partial charge in [0, 0.05) is 23.2 Å². The van der Waals surface area contributed by atoms with E-state index < -0.39 is 35.6 Å². The van der Waals surface area contributed by atoms with Gasteiger partial charge >= 0.3 is 5.97 Å². The molecule has 3 saturated carbocycles. The summed E-state index contributed by atoms with van der Waals surface area (Å²) in [5.41, 5.74) is -1.43. The first-order valence-electron chi connectivity index (χ1n) is 10.2. The van der Waals surface area contributed by atoms with Gasteiger partial charge in [-0.2, -0.15) is 0 Å². The second-order valence-electron chi connectivity index (χ2n) is 9.72. The summed E-state index contributed by atoms with van der Waals surface area (Å²) in [6.07, 6.45) is 4.10. The molecule has 2 bridgehead atoms. The van der Waals surface area contributed by atoms with Gasteiger partial charge in [0.2, 0.25) is 0 Å². The third kappa shape index (κ3) is 2.72. The highest BCUT2D eigenvalue weighted by molar-refractivity contribution is 5.85. The molecular formula is C22H34O5. The van der Waals surface area contributed by atoms with Crippen molar-refractivity contribution in [3.63, 3.8) is 0 Å². The fourth-order valence-corrected chi connectivity index (χ4v) is 6.70. The number of aliphatic hydroxyl groups excluding tert-OH is 2. The first kappa shape index (κ1) is 20.5. The average Bonchev–Trinajstić information content (AvgIpc) is 3.00. The molecule has 0 aromatic carbocycles. The van der Waals surface area contributed by atoms with Crippen LogP contribution in [0.5, 0.6) is 0 Å². The molecule has 5 heteroatoms. The van der Waals surface area contributed by atoms with Gasteiger partial charge in [-0.3, -0.25) is 4.79 Å².